The largest absolute Gasteiger partial charge is 0.469 e. The van der Waals surface area contributed by atoms with Crippen LogP contribution >= 0.6 is 0 Å². The molecule has 0 atom stereocenters. The van der Waals surface area contributed by atoms with Crippen LogP contribution in [0.2, 0.25) is 0 Å². The summed E-state index contributed by atoms with van der Waals surface area (Å²) < 4.78 is 4.73. The Hall–Kier alpha value is -1.39. The van der Waals surface area contributed by atoms with Crippen molar-refractivity contribution in [3.63, 3.8) is 0 Å². The first kappa shape index (κ1) is 15.7. The number of rotatable bonds is 8. The van der Waals surface area contributed by atoms with Gasteiger partial charge in [-0.3, -0.25) is 4.79 Å². The molecule has 0 bridgehead atoms. The molecule has 0 aliphatic carbocycles. The lowest BCUT2D eigenvalue weighted by molar-refractivity contribution is -0.139. The third-order valence-electron chi connectivity index (χ3n) is 3.09. The van der Waals surface area contributed by atoms with Crippen LogP contribution in [0.25, 0.3) is 0 Å². The van der Waals surface area contributed by atoms with Crippen LogP contribution < -0.4 is 5.32 Å². The third kappa shape index (κ3) is 5.85. The highest BCUT2D eigenvalue weighted by Crippen LogP contribution is 2.12. The summed E-state index contributed by atoms with van der Waals surface area (Å²) >= 11 is 0. The molecule has 0 radical (unpaired) electrons. The summed E-state index contributed by atoms with van der Waals surface area (Å²) in [6.45, 7) is 2.92. The lowest BCUT2D eigenvalue weighted by Gasteiger charge is -2.18. The fourth-order valence-electron chi connectivity index (χ4n) is 2.01. The fraction of sp³-hybridized carbons (Fsp3) is 0.533. The monoisotopic (exact) mass is 264 g/mol. The Bertz CT molecular complexity index is 393. The van der Waals surface area contributed by atoms with Crippen molar-refractivity contribution in [2.75, 3.05) is 34.3 Å². The van der Waals surface area contributed by atoms with Crippen LogP contribution in [0.15, 0.2) is 24.3 Å². The summed E-state index contributed by atoms with van der Waals surface area (Å²) in [6.07, 6.45) is 1.46. The van der Waals surface area contributed by atoms with Crippen LogP contribution in [0.4, 0.5) is 0 Å². The third-order valence-corrected chi connectivity index (χ3v) is 3.09. The smallest absolute Gasteiger partial charge is 0.309 e. The summed E-state index contributed by atoms with van der Waals surface area (Å²) in [4.78, 5) is 13.7. The first-order valence-corrected chi connectivity index (χ1v) is 6.64. The maximum absolute atomic E-state index is 11.4. The van der Waals surface area contributed by atoms with E-state index >= 15 is 0 Å². The lowest BCUT2D eigenvalue weighted by Crippen LogP contribution is -2.23. The molecule has 0 heterocycles. The van der Waals surface area contributed by atoms with Gasteiger partial charge >= 0.3 is 5.97 Å². The molecule has 1 aromatic rings. The number of carbonyl (C=O) groups is 1. The van der Waals surface area contributed by atoms with Crippen LogP contribution in [-0.2, 0) is 22.5 Å². The molecule has 1 aromatic carbocycles. The number of nitrogens with one attached hydrogen (secondary N) is 1. The van der Waals surface area contributed by atoms with Crippen LogP contribution in [-0.4, -0.2) is 45.2 Å². The number of carbonyl (C=O) groups excluding carboxylic acids is 1. The second-order valence-corrected chi connectivity index (χ2v) is 4.72. The Morgan fingerprint density at radius 2 is 2.00 bits per heavy atom. The topological polar surface area (TPSA) is 41.6 Å². The van der Waals surface area contributed by atoms with Gasteiger partial charge in [-0.25, -0.2) is 0 Å². The molecule has 0 aliphatic heterocycles. The molecule has 0 spiro atoms. The molecular formula is C15H24N2O2. The van der Waals surface area contributed by atoms with Gasteiger partial charge in [-0.05, 0) is 44.7 Å². The fourth-order valence-corrected chi connectivity index (χ4v) is 2.01. The Labute approximate surface area is 115 Å². The normalized spacial score (nSPS) is 10.7. The van der Waals surface area contributed by atoms with Crippen LogP contribution in [0.3, 0.4) is 0 Å². The van der Waals surface area contributed by atoms with Crippen molar-refractivity contribution < 1.29 is 9.53 Å². The molecule has 19 heavy (non-hydrogen) atoms. The summed E-state index contributed by atoms with van der Waals surface area (Å²) in [5, 5.41) is 3.14. The SMILES string of the molecule is CNCCCN(C)Cc1ccccc1CC(=O)OC. The predicted octanol–water partition coefficient (Wildman–Crippen LogP) is 1.44. The van der Waals surface area contributed by atoms with Gasteiger partial charge < -0.3 is 15.0 Å². The summed E-state index contributed by atoms with van der Waals surface area (Å²) in [5.41, 5.74) is 2.25. The molecule has 0 unspecified atom stereocenters. The number of benzene rings is 1. The summed E-state index contributed by atoms with van der Waals surface area (Å²) in [7, 11) is 5.49. The lowest BCUT2D eigenvalue weighted by atomic mass is 10.0. The van der Waals surface area contributed by atoms with E-state index in [0.29, 0.717) is 6.42 Å². The number of hydrogen-bond acceptors (Lipinski definition) is 4. The molecule has 0 saturated carbocycles. The molecule has 1 N–H and O–H groups in total. The predicted molar refractivity (Wildman–Crippen MR) is 77.0 cm³/mol. The van der Waals surface area contributed by atoms with Gasteiger partial charge in [0.15, 0.2) is 0 Å². The number of ether oxygens (including phenoxy) is 1. The van der Waals surface area contributed by atoms with Crippen molar-refractivity contribution in [1.29, 1.82) is 0 Å². The van der Waals surface area contributed by atoms with E-state index in [4.69, 9.17) is 4.74 Å². The van der Waals surface area contributed by atoms with E-state index in [1.807, 2.05) is 25.2 Å². The van der Waals surface area contributed by atoms with Gasteiger partial charge in [-0.1, -0.05) is 24.3 Å². The van der Waals surface area contributed by atoms with E-state index < -0.39 is 0 Å². The van der Waals surface area contributed by atoms with Crippen LogP contribution in [0.1, 0.15) is 17.5 Å². The van der Waals surface area contributed by atoms with Gasteiger partial charge in [-0.2, -0.15) is 0 Å². The average Bonchev–Trinajstić information content (AvgIpc) is 2.41. The van der Waals surface area contributed by atoms with E-state index in [1.54, 1.807) is 0 Å². The van der Waals surface area contributed by atoms with Crippen molar-refractivity contribution in [1.82, 2.24) is 10.2 Å². The number of hydrogen-bond donors (Lipinski definition) is 1. The zero-order valence-corrected chi connectivity index (χ0v) is 12.1. The van der Waals surface area contributed by atoms with E-state index in [0.717, 1.165) is 31.6 Å². The van der Waals surface area contributed by atoms with Crippen LogP contribution in [0, 0.1) is 0 Å². The molecule has 106 valence electrons. The Morgan fingerprint density at radius 1 is 1.32 bits per heavy atom. The second-order valence-electron chi connectivity index (χ2n) is 4.72. The molecule has 1 rings (SSSR count). The maximum atomic E-state index is 11.4. The quantitative estimate of drug-likeness (QED) is 0.570. The average molecular weight is 264 g/mol. The molecule has 4 heteroatoms. The Balaban J connectivity index is 2.59. The minimum Gasteiger partial charge on any atom is -0.469 e. The second kappa shape index (κ2) is 8.67. The molecule has 0 saturated heterocycles. The van der Waals surface area contributed by atoms with E-state index in [9.17, 15) is 4.79 Å². The highest BCUT2D eigenvalue weighted by Gasteiger charge is 2.09. The number of esters is 1. The highest BCUT2D eigenvalue weighted by atomic mass is 16.5. The zero-order chi connectivity index (χ0) is 14.1. The number of methoxy groups -OCH3 is 1. The van der Waals surface area contributed by atoms with E-state index in [2.05, 4.69) is 23.3 Å². The molecule has 0 aromatic heterocycles. The molecule has 0 amide bonds. The van der Waals surface area contributed by atoms with Crippen molar-refractivity contribution in [2.24, 2.45) is 0 Å². The standard InChI is InChI=1S/C15H24N2O2/c1-16-9-6-10-17(2)12-14-8-5-4-7-13(14)11-15(18)19-3/h4-5,7-8,16H,6,9-12H2,1-3H3. The van der Waals surface area contributed by atoms with Crippen molar-refractivity contribution in [2.45, 2.75) is 19.4 Å². The van der Waals surface area contributed by atoms with Crippen LogP contribution in [0.5, 0.6) is 0 Å². The van der Waals surface area contributed by atoms with Gasteiger partial charge in [0.2, 0.25) is 0 Å². The van der Waals surface area contributed by atoms with Gasteiger partial charge in [0.25, 0.3) is 0 Å². The highest BCUT2D eigenvalue weighted by molar-refractivity contribution is 5.72. The Morgan fingerprint density at radius 3 is 2.63 bits per heavy atom. The summed E-state index contributed by atoms with van der Waals surface area (Å²) in [6, 6.07) is 8.04. The molecule has 4 nitrogen and oxygen atoms in total. The minimum atomic E-state index is -0.190. The van der Waals surface area contributed by atoms with Crippen molar-refractivity contribution in [3.05, 3.63) is 35.4 Å². The maximum Gasteiger partial charge on any atom is 0.309 e. The van der Waals surface area contributed by atoms with Gasteiger partial charge in [0.1, 0.15) is 0 Å². The molecular weight excluding hydrogens is 240 g/mol. The van der Waals surface area contributed by atoms with Gasteiger partial charge in [-0.15, -0.1) is 0 Å². The van der Waals surface area contributed by atoms with Crippen molar-refractivity contribution >= 4 is 5.97 Å². The van der Waals surface area contributed by atoms with Gasteiger partial charge in [0.05, 0.1) is 13.5 Å². The first-order valence-electron chi connectivity index (χ1n) is 6.64. The summed E-state index contributed by atoms with van der Waals surface area (Å²) in [5.74, 6) is -0.190. The minimum absolute atomic E-state index is 0.190. The van der Waals surface area contributed by atoms with E-state index in [1.165, 1.54) is 12.7 Å². The zero-order valence-electron chi connectivity index (χ0n) is 12.1. The van der Waals surface area contributed by atoms with Gasteiger partial charge in [0, 0.05) is 6.54 Å². The first-order chi connectivity index (χ1) is 9.17. The Kier molecular flexibility index (Phi) is 7.15. The van der Waals surface area contributed by atoms with Crippen molar-refractivity contribution in [3.8, 4) is 0 Å². The molecule has 0 aliphatic rings. The molecule has 0 fully saturated rings. The number of nitrogens with zero attached hydrogens (tertiary/aromatic N) is 1. The van der Waals surface area contributed by atoms with E-state index in [-0.39, 0.29) is 5.97 Å².